The fourth-order valence-electron chi connectivity index (χ4n) is 3.49. The van der Waals surface area contributed by atoms with Gasteiger partial charge in [-0.15, -0.1) is 0 Å². The van der Waals surface area contributed by atoms with Gasteiger partial charge in [0.05, 0.1) is 0 Å². The van der Waals surface area contributed by atoms with Crippen molar-refractivity contribution in [3.05, 3.63) is 0 Å². The summed E-state index contributed by atoms with van der Waals surface area (Å²) in [5.74, 6) is 0. The fraction of sp³-hybridized carbons (Fsp3) is 1.00. The Balaban J connectivity index is 2.06. The third-order valence-corrected chi connectivity index (χ3v) is 4.72. The largest absolute Gasteiger partial charge is 0.316 e. The Morgan fingerprint density at radius 3 is 2.06 bits per heavy atom. The number of hydrogen-bond donors (Lipinski definition) is 1. The highest BCUT2D eigenvalue weighted by molar-refractivity contribution is 4.86. The van der Waals surface area contributed by atoms with Crippen molar-refractivity contribution in [1.29, 1.82) is 0 Å². The maximum atomic E-state index is 3.60. The van der Waals surface area contributed by atoms with Gasteiger partial charge in [-0.1, -0.05) is 71.6 Å². The highest BCUT2D eigenvalue weighted by Gasteiger charge is 2.32. The molecule has 0 heterocycles. The van der Waals surface area contributed by atoms with Crippen molar-refractivity contribution in [3.8, 4) is 0 Å². The van der Waals surface area contributed by atoms with Crippen molar-refractivity contribution < 1.29 is 0 Å². The smallest absolute Gasteiger partial charge is 0.000769 e. The SMILES string of the molecule is CCCCCCCCCC1(CNCC)CCCC1. The van der Waals surface area contributed by atoms with Gasteiger partial charge in [-0.3, -0.25) is 0 Å². The lowest BCUT2D eigenvalue weighted by Gasteiger charge is -2.29. The van der Waals surface area contributed by atoms with Gasteiger partial charge in [0.25, 0.3) is 0 Å². The van der Waals surface area contributed by atoms with E-state index in [2.05, 4.69) is 19.2 Å². The van der Waals surface area contributed by atoms with E-state index in [4.69, 9.17) is 0 Å². The number of unbranched alkanes of at least 4 members (excludes halogenated alkanes) is 6. The summed E-state index contributed by atoms with van der Waals surface area (Å²) >= 11 is 0. The van der Waals surface area contributed by atoms with Gasteiger partial charge >= 0.3 is 0 Å². The Morgan fingerprint density at radius 2 is 1.44 bits per heavy atom. The summed E-state index contributed by atoms with van der Waals surface area (Å²) in [7, 11) is 0. The molecular weight excluding hydrogens is 218 g/mol. The van der Waals surface area contributed by atoms with Crippen LogP contribution in [0.25, 0.3) is 0 Å². The number of nitrogens with one attached hydrogen (secondary N) is 1. The van der Waals surface area contributed by atoms with Gasteiger partial charge in [-0.05, 0) is 31.2 Å². The average Bonchev–Trinajstić information content (AvgIpc) is 2.85. The Labute approximate surface area is 115 Å². The summed E-state index contributed by atoms with van der Waals surface area (Å²) in [6.07, 6.45) is 17.5. The first-order valence-electron chi connectivity index (χ1n) is 8.54. The molecule has 1 rings (SSSR count). The molecule has 0 saturated heterocycles. The Morgan fingerprint density at radius 1 is 0.833 bits per heavy atom. The molecule has 108 valence electrons. The summed E-state index contributed by atoms with van der Waals surface area (Å²) in [6, 6.07) is 0. The van der Waals surface area contributed by atoms with Gasteiger partial charge < -0.3 is 5.32 Å². The Bertz CT molecular complexity index is 182. The van der Waals surface area contributed by atoms with Crippen molar-refractivity contribution in [3.63, 3.8) is 0 Å². The molecule has 0 aromatic carbocycles. The third-order valence-electron chi connectivity index (χ3n) is 4.72. The highest BCUT2D eigenvalue weighted by Crippen LogP contribution is 2.41. The number of hydrogen-bond acceptors (Lipinski definition) is 1. The first-order valence-corrected chi connectivity index (χ1v) is 8.54. The second-order valence-corrected chi connectivity index (χ2v) is 6.36. The summed E-state index contributed by atoms with van der Waals surface area (Å²) in [5, 5.41) is 3.60. The molecule has 0 aliphatic heterocycles. The first kappa shape index (κ1) is 16.0. The van der Waals surface area contributed by atoms with Crippen molar-refractivity contribution >= 4 is 0 Å². The van der Waals surface area contributed by atoms with E-state index in [1.807, 2.05) is 0 Å². The van der Waals surface area contributed by atoms with Gasteiger partial charge in [0.1, 0.15) is 0 Å². The molecule has 0 atom stereocenters. The van der Waals surface area contributed by atoms with Gasteiger partial charge in [-0.25, -0.2) is 0 Å². The van der Waals surface area contributed by atoms with Crippen molar-refractivity contribution in [2.45, 2.75) is 90.9 Å². The molecule has 0 spiro atoms. The topological polar surface area (TPSA) is 12.0 Å². The van der Waals surface area contributed by atoms with Crippen molar-refractivity contribution in [2.75, 3.05) is 13.1 Å². The van der Waals surface area contributed by atoms with Crippen LogP contribution in [0, 0.1) is 5.41 Å². The molecule has 1 aliphatic rings. The summed E-state index contributed by atoms with van der Waals surface area (Å²) in [5.41, 5.74) is 0.680. The molecule has 1 nitrogen and oxygen atoms in total. The molecule has 0 bridgehead atoms. The normalized spacial score (nSPS) is 18.3. The second kappa shape index (κ2) is 9.83. The predicted molar refractivity (Wildman–Crippen MR) is 82.1 cm³/mol. The Hall–Kier alpha value is -0.0400. The first-order chi connectivity index (χ1) is 8.83. The molecule has 0 aromatic rings. The van der Waals surface area contributed by atoms with Crippen LogP contribution in [0.5, 0.6) is 0 Å². The van der Waals surface area contributed by atoms with E-state index in [1.54, 1.807) is 0 Å². The van der Waals surface area contributed by atoms with Crippen LogP contribution in [0.3, 0.4) is 0 Å². The lowest BCUT2D eigenvalue weighted by atomic mass is 9.80. The minimum Gasteiger partial charge on any atom is -0.316 e. The molecular formula is C17H35N. The minimum atomic E-state index is 0.680. The maximum absolute atomic E-state index is 3.60. The van der Waals surface area contributed by atoms with Crippen LogP contribution in [-0.2, 0) is 0 Å². The number of rotatable bonds is 11. The van der Waals surface area contributed by atoms with Crippen LogP contribution in [0.2, 0.25) is 0 Å². The van der Waals surface area contributed by atoms with E-state index in [-0.39, 0.29) is 0 Å². The molecule has 1 saturated carbocycles. The summed E-state index contributed by atoms with van der Waals surface area (Å²) in [6.45, 7) is 6.94. The molecule has 0 unspecified atom stereocenters. The van der Waals surface area contributed by atoms with Crippen LogP contribution in [-0.4, -0.2) is 13.1 Å². The van der Waals surface area contributed by atoms with Crippen LogP contribution < -0.4 is 5.32 Å². The fourth-order valence-corrected chi connectivity index (χ4v) is 3.49. The van der Waals surface area contributed by atoms with Crippen molar-refractivity contribution in [1.82, 2.24) is 5.32 Å². The summed E-state index contributed by atoms with van der Waals surface area (Å²) in [4.78, 5) is 0. The lowest BCUT2D eigenvalue weighted by molar-refractivity contribution is 0.249. The Kier molecular flexibility index (Phi) is 8.75. The zero-order chi connectivity index (χ0) is 13.1. The van der Waals surface area contributed by atoms with Gasteiger partial charge in [0.15, 0.2) is 0 Å². The molecule has 1 aliphatic carbocycles. The maximum Gasteiger partial charge on any atom is 0.000769 e. The predicted octanol–water partition coefficient (Wildman–Crippen LogP) is 5.30. The average molecular weight is 253 g/mol. The van der Waals surface area contributed by atoms with Crippen molar-refractivity contribution in [2.24, 2.45) is 5.41 Å². The van der Waals surface area contributed by atoms with E-state index >= 15 is 0 Å². The summed E-state index contributed by atoms with van der Waals surface area (Å²) < 4.78 is 0. The molecule has 0 radical (unpaired) electrons. The van der Waals surface area contributed by atoms with Gasteiger partial charge in [-0.2, -0.15) is 0 Å². The van der Waals surface area contributed by atoms with Gasteiger partial charge in [0, 0.05) is 6.54 Å². The monoisotopic (exact) mass is 253 g/mol. The molecule has 18 heavy (non-hydrogen) atoms. The highest BCUT2D eigenvalue weighted by atomic mass is 14.9. The molecule has 1 heteroatoms. The zero-order valence-corrected chi connectivity index (χ0v) is 12.9. The van der Waals surface area contributed by atoms with Crippen LogP contribution >= 0.6 is 0 Å². The standard InChI is InChI=1S/C17H35N/c1-3-5-6-7-8-9-10-13-17(16-18-4-2)14-11-12-15-17/h18H,3-16H2,1-2H3. The van der Waals surface area contributed by atoms with E-state index in [0.717, 1.165) is 6.54 Å². The molecule has 0 amide bonds. The van der Waals surface area contributed by atoms with Crippen LogP contribution in [0.15, 0.2) is 0 Å². The van der Waals surface area contributed by atoms with Crippen LogP contribution in [0.4, 0.5) is 0 Å². The lowest BCUT2D eigenvalue weighted by Crippen LogP contribution is -2.32. The van der Waals surface area contributed by atoms with E-state index in [9.17, 15) is 0 Å². The van der Waals surface area contributed by atoms with E-state index in [0.29, 0.717) is 5.41 Å². The zero-order valence-electron chi connectivity index (χ0n) is 12.9. The van der Waals surface area contributed by atoms with E-state index < -0.39 is 0 Å². The molecule has 1 N–H and O–H groups in total. The molecule has 1 fully saturated rings. The quantitative estimate of drug-likeness (QED) is 0.493. The second-order valence-electron chi connectivity index (χ2n) is 6.36. The molecule has 0 aromatic heterocycles. The van der Waals surface area contributed by atoms with E-state index in [1.165, 1.54) is 83.6 Å². The van der Waals surface area contributed by atoms with Gasteiger partial charge in [0.2, 0.25) is 0 Å². The van der Waals surface area contributed by atoms with Crippen LogP contribution in [0.1, 0.15) is 90.9 Å². The third kappa shape index (κ3) is 6.22. The minimum absolute atomic E-state index is 0.680.